The summed E-state index contributed by atoms with van der Waals surface area (Å²) < 4.78 is 0. The maximum atomic E-state index is 11.3. The molecule has 0 radical (unpaired) electrons. The van der Waals surface area contributed by atoms with Crippen LogP contribution in [0.2, 0.25) is 0 Å². The molecule has 88 valence electrons. The fourth-order valence-corrected chi connectivity index (χ4v) is 2.08. The molecule has 2 N–H and O–H groups in total. The third-order valence-electron chi connectivity index (χ3n) is 2.86. The van der Waals surface area contributed by atoms with Crippen LogP contribution in [0.25, 0.3) is 21.9 Å². The molecule has 3 rings (SSSR count). The molecule has 0 aliphatic heterocycles. The molecule has 1 heterocycles. The van der Waals surface area contributed by atoms with E-state index in [4.69, 9.17) is 0 Å². The number of fused-ring (bicyclic) bond motifs is 1. The molecular formula is C14H10N2O2. The number of aromatic hydroxyl groups is 1. The minimum absolute atomic E-state index is 0.140. The van der Waals surface area contributed by atoms with Gasteiger partial charge in [-0.25, -0.2) is 5.10 Å². The molecule has 3 aromatic rings. The average molecular weight is 238 g/mol. The minimum atomic E-state index is -0.292. The standard InChI is InChI=1S/C14H10N2O2/c17-12-6-5-9-3-1-2-4-11(9)14(12)10-7-13(18)16-15-8-10/h1-8,17H,(H,16,18). The number of hydrogen-bond donors (Lipinski definition) is 2. The number of nitrogens with zero attached hydrogens (tertiary/aromatic N) is 1. The van der Waals surface area contributed by atoms with E-state index in [0.717, 1.165) is 10.8 Å². The van der Waals surface area contributed by atoms with Crippen molar-refractivity contribution in [1.82, 2.24) is 10.2 Å². The van der Waals surface area contributed by atoms with E-state index < -0.39 is 0 Å². The number of benzene rings is 2. The van der Waals surface area contributed by atoms with Gasteiger partial charge in [-0.1, -0.05) is 30.3 Å². The molecular weight excluding hydrogens is 228 g/mol. The van der Waals surface area contributed by atoms with Crippen LogP contribution in [0.1, 0.15) is 0 Å². The molecule has 0 aliphatic rings. The van der Waals surface area contributed by atoms with Crippen molar-refractivity contribution in [2.24, 2.45) is 0 Å². The molecule has 18 heavy (non-hydrogen) atoms. The van der Waals surface area contributed by atoms with E-state index >= 15 is 0 Å². The first kappa shape index (κ1) is 10.5. The Morgan fingerprint density at radius 1 is 1.11 bits per heavy atom. The van der Waals surface area contributed by atoms with Crippen LogP contribution in [0.5, 0.6) is 5.75 Å². The third kappa shape index (κ3) is 1.64. The van der Waals surface area contributed by atoms with Crippen LogP contribution in [0.3, 0.4) is 0 Å². The fourth-order valence-electron chi connectivity index (χ4n) is 2.08. The molecule has 0 fully saturated rings. The highest BCUT2D eigenvalue weighted by atomic mass is 16.3. The van der Waals surface area contributed by atoms with Crippen molar-refractivity contribution in [3.8, 4) is 16.9 Å². The van der Waals surface area contributed by atoms with E-state index in [9.17, 15) is 9.90 Å². The zero-order valence-corrected chi connectivity index (χ0v) is 9.42. The van der Waals surface area contributed by atoms with Crippen molar-refractivity contribution in [2.45, 2.75) is 0 Å². The van der Waals surface area contributed by atoms with Gasteiger partial charge in [0.05, 0.1) is 6.20 Å². The molecule has 4 nitrogen and oxygen atoms in total. The maximum absolute atomic E-state index is 11.3. The summed E-state index contributed by atoms with van der Waals surface area (Å²) >= 11 is 0. The molecule has 4 heteroatoms. The Hall–Kier alpha value is -2.62. The Bertz CT molecular complexity index is 778. The zero-order chi connectivity index (χ0) is 12.5. The van der Waals surface area contributed by atoms with Gasteiger partial charge in [-0.3, -0.25) is 4.79 Å². The van der Waals surface area contributed by atoms with E-state index in [1.807, 2.05) is 30.3 Å². The molecule has 1 aromatic heterocycles. The monoisotopic (exact) mass is 238 g/mol. The van der Waals surface area contributed by atoms with Crippen LogP contribution >= 0.6 is 0 Å². The predicted octanol–water partition coefficient (Wildman–Crippen LogP) is 2.30. The summed E-state index contributed by atoms with van der Waals surface area (Å²) in [6.45, 7) is 0. The summed E-state index contributed by atoms with van der Waals surface area (Å²) in [5, 5.41) is 18.0. The maximum Gasteiger partial charge on any atom is 0.264 e. The number of phenols is 1. The van der Waals surface area contributed by atoms with Crippen molar-refractivity contribution in [3.05, 3.63) is 59.0 Å². The van der Waals surface area contributed by atoms with E-state index in [2.05, 4.69) is 10.2 Å². The number of phenolic OH excluding ortho intramolecular Hbond substituents is 1. The summed E-state index contributed by atoms with van der Waals surface area (Å²) in [4.78, 5) is 11.3. The second-order valence-electron chi connectivity index (χ2n) is 4.01. The first-order chi connectivity index (χ1) is 8.75. The Kier molecular flexibility index (Phi) is 2.34. The third-order valence-corrected chi connectivity index (χ3v) is 2.86. The Morgan fingerprint density at radius 2 is 1.94 bits per heavy atom. The summed E-state index contributed by atoms with van der Waals surface area (Å²) in [5.41, 5.74) is 0.944. The van der Waals surface area contributed by atoms with E-state index in [1.165, 1.54) is 12.3 Å². The van der Waals surface area contributed by atoms with Crippen LogP contribution in [0.4, 0.5) is 0 Å². The number of nitrogens with one attached hydrogen (secondary N) is 1. The average Bonchev–Trinajstić information content (AvgIpc) is 2.38. The van der Waals surface area contributed by atoms with Gasteiger partial charge in [0.25, 0.3) is 5.56 Å². The molecule has 0 unspecified atom stereocenters. The van der Waals surface area contributed by atoms with Gasteiger partial charge in [0.1, 0.15) is 5.75 Å². The molecule has 0 atom stereocenters. The van der Waals surface area contributed by atoms with Gasteiger partial charge in [0.2, 0.25) is 0 Å². The number of rotatable bonds is 1. The molecule has 0 bridgehead atoms. The highest BCUT2D eigenvalue weighted by molar-refractivity contribution is 5.99. The Balaban J connectivity index is 2.41. The van der Waals surface area contributed by atoms with Crippen molar-refractivity contribution < 1.29 is 5.11 Å². The van der Waals surface area contributed by atoms with Crippen LogP contribution in [0, 0.1) is 0 Å². The van der Waals surface area contributed by atoms with E-state index in [-0.39, 0.29) is 11.3 Å². The van der Waals surface area contributed by atoms with Gasteiger partial charge in [0.15, 0.2) is 0 Å². The summed E-state index contributed by atoms with van der Waals surface area (Å²) in [5.74, 6) is 0.140. The molecule has 0 saturated heterocycles. The lowest BCUT2D eigenvalue weighted by Gasteiger charge is -2.08. The lowest BCUT2D eigenvalue weighted by molar-refractivity contribution is 0.478. The van der Waals surface area contributed by atoms with Gasteiger partial charge < -0.3 is 5.11 Å². The molecule has 0 aliphatic carbocycles. The Labute approximate surface area is 103 Å². The SMILES string of the molecule is O=c1cc(-c2c(O)ccc3ccccc23)cn[nH]1. The van der Waals surface area contributed by atoms with Gasteiger partial charge in [-0.15, -0.1) is 0 Å². The predicted molar refractivity (Wildman–Crippen MR) is 69.5 cm³/mol. The lowest BCUT2D eigenvalue weighted by atomic mass is 9.99. The zero-order valence-electron chi connectivity index (χ0n) is 9.42. The second-order valence-corrected chi connectivity index (χ2v) is 4.01. The Morgan fingerprint density at radius 3 is 2.78 bits per heavy atom. The van der Waals surface area contributed by atoms with Crippen LogP contribution in [-0.4, -0.2) is 15.3 Å². The minimum Gasteiger partial charge on any atom is -0.507 e. The highest BCUT2D eigenvalue weighted by Crippen LogP contribution is 2.35. The van der Waals surface area contributed by atoms with Crippen molar-refractivity contribution in [3.63, 3.8) is 0 Å². The first-order valence-electron chi connectivity index (χ1n) is 5.51. The molecule has 0 spiro atoms. The van der Waals surface area contributed by atoms with E-state index in [1.54, 1.807) is 6.07 Å². The van der Waals surface area contributed by atoms with Gasteiger partial charge in [0, 0.05) is 17.2 Å². The molecule has 0 saturated carbocycles. The molecule has 0 amide bonds. The van der Waals surface area contributed by atoms with Gasteiger partial charge in [-0.2, -0.15) is 5.10 Å². The summed E-state index contributed by atoms with van der Waals surface area (Å²) in [6.07, 6.45) is 1.53. The topological polar surface area (TPSA) is 66.0 Å². The first-order valence-corrected chi connectivity index (χ1v) is 5.51. The normalized spacial score (nSPS) is 10.7. The fraction of sp³-hybridized carbons (Fsp3) is 0. The number of aromatic amines is 1. The van der Waals surface area contributed by atoms with Gasteiger partial charge >= 0.3 is 0 Å². The van der Waals surface area contributed by atoms with Crippen molar-refractivity contribution in [2.75, 3.05) is 0 Å². The van der Waals surface area contributed by atoms with Gasteiger partial charge in [-0.05, 0) is 16.8 Å². The van der Waals surface area contributed by atoms with Crippen LogP contribution in [0.15, 0.2) is 53.5 Å². The van der Waals surface area contributed by atoms with Crippen molar-refractivity contribution >= 4 is 10.8 Å². The summed E-state index contributed by atoms with van der Waals surface area (Å²) in [6, 6.07) is 12.6. The summed E-state index contributed by atoms with van der Waals surface area (Å²) in [7, 11) is 0. The van der Waals surface area contributed by atoms with Crippen molar-refractivity contribution in [1.29, 1.82) is 0 Å². The second kappa shape index (κ2) is 4.00. The number of aromatic nitrogens is 2. The molecule has 2 aromatic carbocycles. The van der Waals surface area contributed by atoms with Crippen LogP contribution in [-0.2, 0) is 0 Å². The lowest BCUT2D eigenvalue weighted by Crippen LogP contribution is -2.05. The largest absolute Gasteiger partial charge is 0.507 e. The van der Waals surface area contributed by atoms with E-state index in [0.29, 0.717) is 11.1 Å². The smallest absolute Gasteiger partial charge is 0.264 e. The number of H-pyrrole nitrogens is 1. The quantitative estimate of drug-likeness (QED) is 0.683. The number of hydrogen-bond acceptors (Lipinski definition) is 3. The highest BCUT2D eigenvalue weighted by Gasteiger charge is 2.09. The van der Waals surface area contributed by atoms with Crippen LogP contribution < -0.4 is 5.56 Å².